The molecule has 0 saturated carbocycles. The molecule has 3 rings (SSSR count). The summed E-state index contributed by atoms with van der Waals surface area (Å²) in [7, 11) is -0.651. The Morgan fingerprint density at radius 1 is 1.07 bits per heavy atom. The van der Waals surface area contributed by atoms with E-state index in [1.807, 2.05) is 12.1 Å². The van der Waals surface area contributed by atoms with Gasteiger partial charge in [-0.1, -0.05) is 30.3 Å². The molecule has 156 valence electrons. The van der Waals surface area contributed by atoms with Crippen LogP contribution < -0.4 is 5.32 Å². The van der Waals surface area contributed by atoms with E-state index in [1.165, 1.54) is 31.8 Å². The van der Waals surface area contributed by atoms with Gasteiger partial charge in [-0.15, -0.1) is 0 Å². The molecule has 2 aromatic carbocycles. The first-order valence-electron chi connectivity index (χ1n) is 9.55. The molecule has 0 radical (unpaired) electrons. The fourth-order valence-electron chi connectivity index (χ4n) is 3.15. The van der Waals surface area contributed by atoms with Crippen molar-refractivity contribution < 1.29 is 17.9 Å². The van der Waals surface area contributed by atoms with E-state index in [1.54, 1.807) is 12.1 Å². The summed E-state index contributed by atoms with van der Waals surface area (Å²) in [5, 5.41) is 2.87. The molecule has 1 heterocycles. The normalized spacial score (nSPS) is 15.4. The quantitative estimate of drug-likeness (QED) is 0.742. The Hall–Kier alpha value is -2.26. The van der Waals surface area contributed by atoms with E-state index >= 15 is 0 Å². The number of sulfonamides is 1. The van der Waals surface area contributed by atoms with E-state index in [-0.39, 0.29) is 10.8 Å². The van der Waals surface area contributed by atoms with Gasteiger partial charge >= 0.3 is 0 Å². The Bertz CT molecular complexity index is 954. The smallest absolute Gasteiger partial charge is 0.251 e. The highest BCUT2D eigenvalue weighted by Gasteiger charge is 2.18. The maximum Gasteiger partial charge on any atom is 0.251 e. The minimum atomic E-state index is -3.58. The Morgan fingerprint density at radius 2 is 1.76 bits per heavy atom. The molecule has 1 amide bonds. The first-order chi connectivity index (χ1) is 13.9. The Balaban J connectivity index is 1.63. The third kappa shape index (κ3) is 5.63. The van der Waals surface area contributed by atoms with Crippen LogP contribution in [0.1, 0.15) is 21.5 Å². The fourth-order valence-corrected chi connectivity index (χ4v) is 4.10. The molecule has 1 aliphatic heterocycles. The van der Waals surface area contributed by atoms with Crippen molar-refractivity contribution in [1.29, 1.82) is 0 Å². The molecule has 0 unspecified atom stereocenters. The number of carbonyl (C=O) groups is 1. The summed E-state index contributed by atoms with van der Waals surface area (Å²) in [5.74, 6) is -0.306. The number of carbonyl (C=O) groups excluding carboxylic acids is 1. The van der Waals surface area contributed by atoms with Gasteiger partial charge in [0.25, 0.3) is 5.91 Å². The molecule has 1 aliphatic rings. The predicted octanol–water partition coefficient (Wildman–Crippen LogP) is 1.70. The number of ether oxygens (including phenoxy) is 1. The van der Waals surface area contributed by atoms with E-state index in [2.05, 4.69) is 22.3 Å². The third-order valence-corrected chi connectivity index (χ3v) is 6.64. The van der Waals surface area contributed by atoms with Crippen LogP contribution in [-0.4, -0.2) is 63.9 Å². The molecule has 8 heteroatoms. The molecule has 29 heavy (non-hydrogen) atoms. The van der Waals surface area contributed by atoms with Crippen LogP contribution in [0, 0.1) is 0 Å². The van der Waals surface area contributed by atoms with Gasteiger partial charge in [0.2, 0.25) is 10.0 Å². The van der Waals surface area contributed by atoms with Gasteiger partial charge in [0.05, 0.1) is 18.1 Å². The van der Waals surface area contributed by atoms with Crippen molar-refractivity contribution in [2.75, 3.05) is 40.4 Å². The molecule has 0 atom stereocenters. The number of hydrogen-bond donors (Lipinski definition) is 1. The van der Waals surface area contributed by atoms with Crippen molar-refractivity contribution in [3.05, 3.63) is 65.2 Å². The van der Waals surface area contributed by atoms with Crippen molar-refractivity contribution in [2.24, 2.45) is 0 Å². The number of amides is 1. The summed E-state index contributed by atoms with van der Waals surface area (Å²) >= 11 is 0. The van der Waals surface area contributed by atoms with Gasteiger partial charge < -0.3 is 10.1 Å². The Kier molecular flexibility index (Phi) is 7.02. The van der Waals surface area contributed by atoms with Crippen LogP contribution in [0.5, 0.6) is 0 Å². The molecular weight excluding hydrogens is 390 g/mol. The summed E-state index contributed by atoms with van der Waals surface area (Å²) in [6.45, 7) is 4.60. The summed E-state index contributed by atoms with van der Waals surface area (Å²) in [4.78, 5) is 15.0. The molecule has 0 spiro atoms. The zero-order valence-electron chi connectivity index (χ0n) is 16.8. The van der Waals surface area contributed by atoms with Crippen LogP contribution in [0.25, 0.3) is 0 Å². The lowest BCUT2D eigenvalue weighted by Crippen LogP contribution is -2.35. The average Bonchev–Trinajstić information content (AvgIpc) is 2.73. The monoisotopic (exact) mass is 417 g/mol. The zero-order chi connectivity index (χ0) is 20.9. The molecule has 7 nitrogen and oxygen atoms in total. The minimum absolute atomic E-state index is 0.0997. The SMILES string of the molecule is CN(C)S(=O)(=O)c1cccc(C(=O)NCc2cccc(CN3CCOCC3)c2)c1. The first-order valence-corrected chi connectivity index (χ1v) is 11.0. The summed E-state index contributed by atoms with van der Waals surface area (Å²) < 4.78 is 31.0. The van der Waals surface area contributed by atoms with Gasteiger partial charge in [0.1, 0.15) is 0 Å². The molecule has 1 saturated heterocycles. The van der Waals surface area contributed by atoms with E-state index in [4.69, 9.17) is 4.74 Å². The number of nitrogens with zero attached hydrogens (tertiary/aromatic N) is 2. The topological polar surface area (TPSA) is 79.0 Å². The van der Waals surface area contributed by atoms with E-state index in [0.717, 1.165) is 42.7 Å². The second kappa shape index (κ2) is 9.49. The van der Waals surface area contributed by atoms with Crippen molar-refractivity contribution in [1.82, 2.24) is 14.5 Å². The average molecular weight is 418 g/mol. The molecule has 0 aliphatic carbocycles. The lowest BCUT2D eigenvalue weighted by atomic mass is 10.1. The summed E-state index contributed by atoms with van der Waals surface area (Å²) in [6.07, 6.45) is 0. The Labute approximate surface area is 172 Å². The van der Waals surface area contributed by atoms with E-state index < -0.39 is 10.0 Å². The molecule has 1 fully saturated rings. The highest BCUT2D eigenvalue weighted by atomic mass is 32.2. The highest BCUT2D eigenvalue weighted by molar-refractivity contribution is 7.89. The van der Waals surface area contributed by atoms with Crippen molar-refractivity contribution in [3.8, 4) is 0 Å². The van der Waals surface area contributed by atoms with Crippen molar-refractivity contribution in [2.45, 2.75) is 18.0 Å². The van der Waals surface area contributed by atoms with Gasteiger partial charge in [-0.2, -0.15) is 0 Å². The predicted molar refractivity (Wildman–Crippen MR) is 111 cm³/mol. The van der Waals surface area contributed by atoms with Crippen LogP contribution >= 0.6 is 0 Å². The van der Waals surface area contributed by atoms with Gasteiger partial charge in [-0.3, -0.25) is 9.69 Å². The van der Waals surface area contributed by atoms with Gasteiger partial charge in [-0.25, -0.2) is 12.7 Å². The maximum absolute atomic E-state index is 12.5. The van der Waals surface area contributed by atoms with Crippen molar-refractivity contribution >= 4 is 15.9 Å². The van der Waals surface area contributed by atoms with Crippen LogP contribution in [0.4, 0.5) is 0 Å². The van der Waals surface area contributed by atoms with E-state index in [9.17, 15) is 13.2 Å². The maximum atomic E-state index is 12.5. The molecule has 2 aromatic rings. The highest BCUT2D eigenvalue weighted by Crippen LogP contribution is 2.15. The largest absolute Gasteiger partial charge is 0.379 e. The van der Waals surface area contributed by atoms with Gasteiger partial charge in [0, 0.05) is 45.8 Å². The van der Waals surface area contributed by atoms with Crippen molar-refractivity contribution in [3.63, 3.8) is 0 Å². The second-order valence-electron chi connectivity index (χ2n) is 7.21. The summed E-state index contributed by atoms with van der Waals surface area (Å²) in [6, 6.07) is 14.2. The molecular formula is C21H27N3O4S. The third-order valence-electron chi connectivity index (χ3n) is 4.83. The lowest BCUT2D eigenvalue weighted by molar-refractivity contribution is 0.0342. The van der Waals surface area contributed by atoms with Gasteiger partial charge in [-0.05, 0) is 29.3 Å². The summed E-state index contributed by atoms with van der Waals surface area (Å²) in [5.41, 5.74) is 2.51. The lowest BCUT2D eigenvalue weighted by Gasteiger charge is -2.26. The van der Waals surface area contributed by atoms with Crippen LogP contribution in [0.2, 0.25) is 0 Å². The first kappa shape index (κ1) is 21.4. The molecule has 0 aromatic heterocycles. The van der Waals surface area contributed by atoms with Crippen LogP contribution in [0.3, 0.4) is 0 Å². The Morgan fingerprint density at radius 3 is 2.48 bits per heavy atom. The number of morpholine rings is 1. The minimum Gasteiger partial charge on any atom is -0.379 e. The number of hydrogen-bond acceptors (Lipinski definition) is 5. The number of nitrogens with one attached hydrogen (secondary N) is 1. The second-order valence-corrected chi connectivity index (χ2v) is 9.36. The zero-order valence-corrected chi connectivity index (χ0v) is 17.6. The van der Waals surface area contributed by atoms with Crippen LogP contribution in [0.15, 0.2) is 53.4 Å². The fraction of sp³-hybridized carbons (Fsp3) is 0.381. The van der Waals surface area contributed by atoms with Gasteiger partial charge in [0.15, 0.2) is 0 Å². The standard InChI is InChI=1S/C21H27N3O4S/c1-23(2)29(26,27)20-8-4-7-19(14-20)21(25)22-15-17-5-3-6-18(13-17)16-24-9-11-28-12-10-24/h3-8,13-14H,9-12,15-16H2,1-2H3,(H,22,25). The number of rotatable bonds is 7. The van der Waals surface area contributed by atoms with Crippen LogP contribution in [-0.2, 0) is 27.8 Å². The number of benzene rings is 2. The molecule has 0 bridgehead atoms. The molecule has 1 N–H and O–H groups in total. The van der Waals surface area contributed by atoms with E-state index in [0.29, 0.717) is 12.1 Å².